The summed E-state index contributed by atoms with van der Waals surface area (Å²) in [5.41, 5.74) is 0. The molecule has 3 rings (SSSR count). The van der Waals surface area contributed by atoms with Gasteiger partial charge in [-0.2, -0.15) is 4.31 Å². The predicted molar refractivity (Wildman–Crippen MR) is 93.9 cm³/mol. The minimum Gasteiger partial charge on any atom is -0.497 e. The number of piperazine rings is 1. The van der Waals surface area contributed by atoms with Crippen molar-refractivity contribution in [3.63, 3.8) is 0 Å². The van der Waals surface area contributed by atoms with E-state index in [4.69, 9.17) is 4.74 Å². The number of hydrogen-bond acceptors (Lipinski definition) is 3. The molecule has 1 aliphatic heterocycles. The predicted octanol–water partition coefficient (Wildman–Crippen LogP) is 1.16. The fourth-order valence-corrected chi connectivity index (χ4v) is 5.57. The summed E-state index contributed by atoms with van der Waals surface area (Å²) in [5.74, 6) is 1.49. The molecule has 0 aromatic heterocycles. The van der Waals surface area contributed by atoms with Gasteiger partial charge >= 0.3 is 0 Å². The molecule has 134 valence electrons. The second-order valence-electron chi connectivity index (χ2n) is 7.21. The molecule has 1 aliphatic carbocycles. The van der Waals surface area contributed by atoms with Gasteiger partial charge in [-0.1, -0.05) is 13.3 Å². The Kier molecular flexibility index (Phi) is 5.47. The molecule has 0 radical (unpaired) electrons. The maximum atomic E-state index is 12.8. The summed E-state index contributed by atoms with van der Waals surface area (Å²) >= 11 is 0. The van der Waals surface area contributed by atoms with E-state index in [1.807, 2.05) is 0 Å². The Bertz CT molecular complexity index is 637. The molecule has 2 atom stereocenters. The van der Waals surface area contributed by atoms with E-state index in [1.165, 1.54) is 25.7 Å². The van der Waals surface area contributed by atoms with Gasteiger partial charge in [-0.15, -0.1) is 0 Å². The highest BCUT2D eigenvalue weighted by Gasteiger charge is 2.34. The van der Waals surface area contributed by atoms with Crippen LogP contribution in [0.4, 0.5) is 0 Å². The fraction of sp³-hybridized carbons (Fsp3) is 0.667. The van der Waals surface area contributed by atoms with Crippen LogP contribution in [0.15, 0.2) is 29.2 Å². The molecule has 6 heteroatoms. The highest BCUT2D eigenvalue weighted by Crippen LogP contribution is 2.23. The zero-order valence-electron chi connectivity index (χ0n) is 14.7. The minimum atomic E-state index is -3.39. The molecule has 1 aromatic rings. The summed E-state index contributed by atoms with van der Waals surface area (Å²) in [5, 5.41) is 0. The highest BCUT2D eigenvalue weighted by molar-refractivity contribution is 7.89. The minimum absolute atomic E-state index is 0.359. The van der Waals surface area contributed by atoms with E-state index in [-0.39, 0.29) is 0 Å². The topological polar surface area (TPSA) is 51.1 Å². The first kappa shape index (κ1) is 17.7. The first-order chi connectivity index (χ1) is 11.5. The molecule has 1 aromatic carbocycles. The Balaban J connectivity index is 1.62. The number of sulfonamides is 1. The molecule has 5 nitrogen and oxygen atoms in total. The first-order valence-electron chi connectivity index (χ1n) is 8.99. The number of methoxy groups -OCH3 is 1. The number of nitrogens with zero attached hydrogens (tertiary/aromatic N) is 1. The van der Waals surface area contributed by atoms with Crippen LogP contribution in [0.5, 0.6) is 5.75 Å². The molecule has 0 unspecified atom stereocenters. The lowest BCUT2D eigenvalue weighted by molar-refractivity contribution is -0.930. The first-order valence-corrected chi connectivity index (χ1v) is 10.4. The Morgan fingerprint density at radius 1 is 1.12 bits per heavy atom. The third-order valence-corrected chi connectivity index (χ3v) is 7.49. The van der Waals surface area contributed by atoms with E-state index in [0.29, 0.717) is 23.7 Å². The van der Waals surface area contributed by atoms with Crippen molar-refractivity contribution in [3.8, 4) is 5.75 Å². The van der Waals surface area contributed by atoms with Gasteiger partial charge in [0.1, 0.15) is 5.75 Å². The van der Waals surface area contributed by atoms with Gasteiger partial charge in [-0.25, -0.2) is 8.42 Å². The monoisotopic (exact) mass is 353 g/mol. The molecule has 2 aliphatic rings. The largest absolute Gasteiger partial charge is 0.497 e. The fourth-order valence-electron chi connectivity index (χ4n) is 4.12. The van der Waals surface area contributed by atoms with E-state index in [0.717, 1.165) is 25.0 Å². The number of ether oxygens (including phenoxy) is 1. The molecule has 2 fully saturated rings. The molecular weight excluding hydrogens is 324 g/mol. The summed E-state index contributed by atoms with van der Waals surface area (Å²) in [6.45, 7) is 5.43. The van der Waals surface area contributed by atoms with Gasteiger partial charge in [0, 0.05) is 6.42 Å². The molecule has 1 N–H and O–H groups in total. The second-order valence-corrected chi connectivity index (χ2v) is 9.14. The van der Waals surface area contributed by atoms with Crippen LogP contribution in [0.1, 0.15) is 32.6 Å². The van der Waals surface area contributed by atoms with Crippen molar-refractivity contribution in [3.05, 3.63) is 24.3 Å². The Hall–Kier alpha value is -1.11. The average molecular weight is 354 g/mol. The van der Waals surface area contributed by atoms with Crippen molar-refractivity contribution in [2.24, 2.45) is 5.92 Å². The third-order valence-electron chi connectivity index (χ3n) is 5.58. The SMILES string of the molecule is COc1ccc(S(=O)(=O)N2CC[NH+]([C@H]3CCC[C@@H](C)C3)CC2)cc1. The number of benzene rings is 1. The van der Waals surface area contributed by atoms with E-state index >= 15 is 0 Å². The van der Waals surface area contributed by atoms with Gasteiger partial charge < -0.3 is 9.64 Å². The smallest absolute Gasteiger partial charge is 0.243 e. The van der Waals surface area contributed by atoms with Crippen molar-refractivity contribution < 1.29 is 18.1 Å². The van der Waals surface area contributed by atoms with Crippen LogP contribution in [0.2, 0.25) is 0 Å². The standard InChI is InChI=1S/C18H28N2O3S/c1-15-4-3-5-16(14-15)19-10-12-20(13-11-19)24(21,22)18-8-6-17(23-2)7-9-18/h6-9,15-16H,3-5,10-14H2,1-2H3/p+1/t15-,16+/m1/s1. The maximum Gasteiger partial charge on any atom is 0.243 e. The quantitative estimate of drug-likeness (QED) is 0.884. The lowest BCUT2D eigenvalue weighted by Crippen LogP contribution is -3.18. The number of quaternary nitrogens is 1. The highest BCUT2D eigenvalue weighted by atomic mass is 32.2. The third kappa shape index (κ3) is 3.76. The van der Waals surface area contributed by atoms with Gasteiger partial charge in [-0.3, -0.25) is 0 Å². The van der Waals surface area contributed by atoms with Gasteiger partial charge in [0.25, 0.3) is 0 Å². The van der Waals surface area contributed by atoms with Gasteiger partial charge in [-0.05, 0) is 43.0 Å². The summed E-state index contributed by atoms with van der Waals surface area (Å²) in [7, 11) is -1.81. The Morgan fingerprint density at radius 2 is 1.79 bits per heavy atom. The Morgan fingerprint density at radius 3 is 2.38 bits per heavy atom. The average Bonchev–Trinajstić information content (AvgIpc) is 2.62. The molecule has 0 amide bonds. The zero-order chi connectivity index (χ0) is 17.2. The van der Waals surface area contributed by atoms with Crippen molar-refractivity contribution in [1.29, 1.82) is 0 Å². The van der Waals surface area contributed by atoms with Crippen LogP contribution in [0, 0.1) is 5.92 Å². The number of nitrogens with one attached hydrogen (secondary N) is 1. The van der Waals surface area contributed by atoms with E-state index in [1.54, 1.807) is 40.6 Å². The Labute approximate surface area is 145 Å². The molecule has 0 bridgehead atoms. The van der Waals surface area contributed by atoms with E-state index < -0.39 is 10.0 Å². The molecule has 1 saturated carbocycles. The van der Waals surface area contributed by atoms with Crippen molar-refractivity contribution >= 4 is 10.0 Å². The lowest BCUT2D eigenvalue weighted by atomic mass is 9.86. The number of hydrogen-bond donors (Lipinski definition) is 1. The molecular formula is C18H29N2O3S+. The van der Waals surface area contributed by atoms with Gasteiger partial charge in [0.15, 0.2) is 0 Å². The summed E-state index contributed by atoms with van der Waals surface area (Å²) in [6, 6.07) is 7.40. The zero-order valence-corrected chi connectivity index (χ0v) is 15.5. The van der Waals surface area contributed by atoms with Crippen LogP contribution < -0.4 is 9.64 Å². The summed E-state index contributed by atoms with van der Waals surface area (Å²) in [6.07, 6.45) is 5.26. The van der Waals surface area contributed by atoms with Crippen molar-refractivity contribution in [2.75, 3.05) is 33.3 Å². The van der Waals surface area contributed by atoms with Crippen molar-refractivity contribution in [1.82, 2.24) is 4.31 Å². The van der Waals surface area contributed by atoms with Crippen LogP contribution in [0.25, 0.3) is 0 Å². The summed E-state index contributed by atoms with van der Waals surface area (Å²) in [4.78, 5) is 1.96. The molecule has 24 heavy (non-hydrogen) atoms. The maximum absolute atomic E-state index is 12.8. The molecule has 1 saturated heterocycles. The van der Waals surface area contributed by atoms with E-state index in [9.17, 15) is 8.42 Å². The number of rotatable bonds is 4. The van der Waals surface area contributed by atoms with Crippen LogP contribution >= 0.6 is 0 Å². The van der Waals surface area contributed by atoms with Gasteiger partial charge in [0.05, 0.1) is 44.2 Å². The molecule has 1 heterocycles. The second kappa shape index (κ2) is 7.42. The lowest BCUT2D eigenvalue weighted by Gasteiger charge is -2.38. The normalized spacial score (nSPS) is 27.1. The van der Waals surface area contributed by atoms with Crippen LogP contribution in [-0.4, -0.2) is 52.1 Å². The van der Waals surface area contributed by atoms with Crippen molar-refractivity contribution in [2.45, 2.75) is 43.5 Å². The molecule has 0 spiro atoms. The van der Waals surface area contributed by atoms with Gasteiger partial charge in [0.2, 0.25) is 10.0 Å². The summed E-state index contributed by atoms with van der Waals surface area (Å²) < 4.78 is 32.3. The van der Waals surface area contributed by atoms with Crippen LogP contribution in [0.3, 0.4) is 0 Å². The van der Waals surface area contributed by atoms with Crippen LogP contribution in [-0.2, 0) is 10.0 Å². The van der Waals surface area contributed by atoms with E-state index in [2.05, 4.69) is 6.92 Å².